The summed E-state index contributed by atoms with van der Waals surface area (Å²) in [5.41, 5.74) is 1.96. The molecule has 2 heterocycles. The summed E-state index contributed by atoms with van der Waals surface area (Å²) in [6.07, 6.45) is 0.951. The molecule has 5 nitrogen and oxygen atoms in total. The average molecular weight is 327 g/mol. The number of hydrogen-bond donors (Lipinski definition) is 2. The minimum Gasteiger partial charge on any atom is -0.478 e. The predicted molar refractivity (Wildman–Crippen MR) is 93.0 cm³/mol. The van der Waals surface area contributed by atoms with E-state index in [1.54, 1.807) is 29.5 Å². The molecule has 118 valence electrons. The molecule has 0 atom stereocenters. The highest BCUT2D eigenvalue weighted by atomic mass is 32.1. The maximum Gasteiger partial charge on any atom is 0.335 e. The van der Waals surface area contributed by atoms with Gasteiger partial charge in [-0.05, 0) is 44.0 Å². The molecule has 2 N–H and O–H groups in total. The van der Waals surface area contributed by atoms with Gasteiger partial charge in [-0.3, -0.25) is 0 Å². The zero-order chi connectivity index (χ0) is 16.6. The summed E-state index contributed by atoms with van der Waals surface area (Å²) in [5.74, 6) is 0.464. The molecule has 0 fully saturated rings. The van der Waals surface area contributed by atoms with Crippen LogP contribution in [-0.4, -0.2) is 21.0 Å². The molecule has 3 aromatic rings. The smallest absolute Gasteiger partial charge is 0.335 e. The number of aromatic carboxylic acids is 1. The number of fused-ring (bicyclic) bond motifs is 1. The molecular formula is C17H17N3O2S. The van der Waals surface area contributed by atoms with Crippen LogP contribution in [0.1, 0.15) is 33.5 Å². The normalized spacial score (nSPS) is 10.9. The number of carbonyl (C=O) groups is 1. The zero-order valence-electron chi connectivity index (χ0n) is 13.2. The number of nitrogens with one attached hydrogen (secondary N) is 1. The van der Waals surface area contributed by atoms with Crippen LogP contribution in [0.15, 0.2) is 24.3 Å². The van der Waals surface area contributed by atoms with Crippen molar-refractivity contribution in [3.63, 3.8) is 0 Å². The van der Waals surface area contributed by atoms with Crippen molar-refractivity contribution >= 4 is 39.0 Å². The molecule has 0 amide bonds. The summed E-state index contributed by atoms with van der Waals surface area (Å²) in [6, 6.07) is 7.12. The number of anilines is 2. The summed E-state index contributed by atoms with van der Waals surface area (Å²) in [7, 11) is 0. The first-order valence-electron chi connectivity index (χ1n) is 7.36. The van der Waals surface area contributed by atoms with Crippen molar-refractivity contribution in [2.24, 2.45) is 0 Å². The quantitative estimate of drug-likeness (QED) is 0.746. The van der Waals surface area contributed by atoms with Gasteiger partial charge >= 0.3 is 5.97 Å². The minimum absolute atomic E-state index is 0.250. The predicted octanol–water partition coefficient (Wildman–Crippen LogP) is 4.31. The second-order valence-corrected chi connectivity index (χ2v) is 6.48. The standard InChI is InChI=1S/C17H17N3O2S/c1-4-12-8-13-15(18-10(3)19-16(13)23-12)20-14-7-11(17(21)22)6-5-9(14)2/h5-8H,4H2,1-3H3,(H,21,22)(H,18,19,20). The molecule has 2 aromatic heterocycles. The van der Waals surface area contributed by atoms with Crippen LogP contribution in [0.2, 0.25) is 0 Å². The highest BCUT2D eigenvalue weighted by Gasteiger charge is 2.12. The van der Waals surface area contributed by atoms with E-state index in [0.29, 0.717) is 11.6 Å². The molecular weight excluding hydrogens is 310 g/mol. The lowest BCUT2D eigenvalue weighted by Crippen LogP contribution is -2.02. The van der Waals surface area contributed by atoms with Crippen LogP contribution < -0.4 is 5.32 Å². The number of aromatic nitrogens is 2. The molecule has 0 saturated heterocycles. The number of nitrogens with zero attached hydrogens (tertiary/aromatic N) is 2. The van der Waals surface area contributed by atoms with E-state index >= 15 is 0 Å². The Bertz CT molecular complexity index is 902. The van der Waals surface area contributed by atoms with Crippen LogP contribution in [-0.2, 0) is 6.42 Å². The number of aryl methyl sites for hydroxylation is 3. The first-order valence-corrected chi connectivity index (χ1v) is 8.17. The molecule has 0 radical (unpaired) electrons. The maximum absolute atomic E-state index is 11.2. The van der Waals surface area contributed by atoms with E-state index in [0.717, 1.165) is 27.9 Å². The van der Waals surface area contributed by atoms with E-state index in [9.17, 15) is 4.79 Å². The van der Waals surface area contributed by atoms with Gasteiger partial charge in [0.15, 0.2) is 0 Å². The van der Waals surface area contributed by atoms with Crippen molar-refractivity contribution in [2.45, 2.75) is 27.2 Å². The topological polar surface area (TPSA) is 75.1 Å². The molecule has 0 spiro atoms. The first kappa shape index (κ1) is 15.4. The summed E-state index contributed by atoms with van der Waals surface area (Å²) >= 11 is 1.66. The van der Waals surface area contributed by atoms with Crippen molar-refractivity contribution in [3.8, 4) is 0 Å². The third-order valence-corrected chi connectivity index (χ3v) is 4.81. The van der Waals surface area contributed by atoms with E-state index in [2.05, 4.69) is 28.3 Å². The van der Waals surface area contributed by atoms with Crippen molar-refractivity contribution in [3.05, 3.63) is 46.1 Å². The first-order chi connectivity index (χ1) is 11.0. The molecule has 0 aliphatic heterocycles. The monoisotopic (exact) mass is 327 g/mol. The lowest BCUT2D eigenvalue weighted by molar-refractivity contribution is 0.0697. The minimum atomic E-state index is -0.944. The average Bonchev–Trinajstić information content (AvgIpc) is 2.92. The van der Waals surface area contributed by atoms with Crippen LogP contribution >= 0.6 is 11.3 Å². The van der Waals surface area contributed by atoms with Gasteiger partial charge in [-0.15, -0.1) is 11.3 Å². The highest BCUT2D eigenvalue weighted by molar-refractivity contribution is 7.18. The zero-order valence-corrected chi connectivity index (χ0v) is 14.0. The molecule has 23 heavy (non-hydrogen) atoms. The van der Waals surface area contributed by atoms with E-state index in [4.69, 9.17) is 5.11 Å². The van der Waals surface area contributed by atoms with Crippen LogP contribution in [0.5, 0.6) is 0 Å². The number of carboxylic acids is 1. The summed E-state index contributed by atoms with van der Waals surface area (Å²) in [5, 5.41) is 13.4. The highest BCUT2D eigenvalue weighted by Crippen LogP contribution is 2.31. The second kappa shape index (κ2) is 5.96. The molecule has 0 bridgehead atoms. The van der Waals surface area contributed by atoms with Crippen molar-refractivity contribution in [1.82, 2.24) is 9.97 Å². The van der Waals surface area contributed by atoms with Gasteiger partial charge in [0.1, 0.15) is 16.5 Å². The number of benzene rings is 1. The fraction of sp³-hybridized carbons (Fsp3) is 0.235. The van der Waals surface area contributed by atoms with Gasteiger partial charge in [0.05, 0.1) is 10.9 Å². The lowest BCUT2D eigenvalue weighted by Gasteiger charge is -2.11. The van der Waals surface area contributed by atoms with Crippen LogP contribution in [0.25, 0.3) is 10.2 Å². The summed E-state index contributed by atoms with van der Waals surface area (Å²) in [4.78, 5) is 22.4. The Labute approximate surface area is 138 Å². The maximum atomic E-state index is 11.2. The number of hydrogen-bond acceptors (Lipinski definition) is 5. The van der Waals surface area contributed by atoms with Crippen LogP contribution in [0.4, 0.5) is 11.5 Å². The fourth-order valence-corrected chi connectivity index (χ4v) is 3.38. The Morgan fingerprint density at radius 3 is 2.74 bits per heavy atom. The Morgan fingerprint density at radius 2 is 2.04 bits per heavy atom. The van der Waals surface area contributed by atoms with Crippen molar-refractivity contribution < 1.29 is 9.90 Å². The number of carboxylic acid groups (broad SMARTS) is 1. The van der Waals surface area contributed by atoms with Crippen LogP contribution in [0.3, 0.4) is 0 Å². The summed E-state index contributed by atoms with van der Waals surface area (Å²) in [6.45, 7) is 5.90. The molecule has 0 saturated carbocycles. The van der Waals surface area contributed by atoms with Gasteiger partial charge in [0.25, 0.3) is 0 Å². The van der Waals surface area contributed by atoms with Crippen LogP contribution in [0, 0.1) is 13.8 Å². The van der Waals surface area contributed by atoms with Gasteiger partial charge in [-0.1, -0.05) is 13.0 Å². The van der Waals surface area contributed by atoms with Crippen molar-refractivity contribution in [1.29, 1.82) is 0 Å². The molecule has 6 heteroatoms. The Kier molecular flexibility index (Phi) is 4.00. The van der Waals surface area contributed by atoms with Gasteiger partial charge in [-0.25, -0.2) is 14.8 Å². The Hall–Kier alpha value is -2.47. The molecule has 1 aromatic carbocycles. The SMILES string of the molecule is CCc1cc2c(Nc3cc(C(=O)O)ccc3C)nc(C)nc2s1. The fourth-order valence-electron chi connectivity index (χ4n) is 2.36. The van der Waals surface area contributed by atoms with Crippen molar-refractivity contribution in [2.75, 3.05) is 5.32 Å². The van der Waals surface area contributed by atoms with Gasteiger partial charge in [0, 0.05) is 10.6 Å². The number of rotatable bonds is 4. The van der Waals surface area contributed by atoms with E-state index < -0.39 is 5.97 Å². The largest absolute Gasteiger partial charge is 0.478 e. The number of thiophene rings is 1. The van der Waals surface area contributed by atoms with E-state index in [1.807, 2.05) is 13.8 Å². The van der Waals surface area contributed by atoms with E-state index in [-0.39, 0.29) is 5.56 Å². The third-order valence-electron chi connectivity index (χ3n) is 3.64. The molecule has 0 aliphatic rings. The van der Waals surface area contributed by atoms with Gasteiger partial charge < -0.3 is 10.4 Å². The van der Waals surface area contributed by atoms with Gasteiger partial charge in [-0.2, -0.15) is 0 Å². The summed E-state index contributed by atoms with van der Waals surface area (Å²) < 4.78 is 0. The van der Waals surface area contributed by atoms with E-state index in [1.165, 1.54) is 4.88 Å². The lowest BCUT2D eigenvalue weighted by atomic mass is 10.1. The Balaban J connectivity index is 2.09. The Morgan fingerprint density at radius 1 is 1.26 bits per heavy atom. The molecule has 0 unspecified atom stereocenters. The third kappa shape index (κ3) is 3.03. The molecule has 0 aliphatic carbocycles. The molecule has 3 rings (SSSR count). The second-order valence-electron chi connectivity index (χ2n) is 5.36. The van der Waals surface area contributed by atoms with Gasteiger partial charge in [0.2, 0.25) is 0 Å².